The Morgan fingerprint density at radius 2 is 2.06 bits per heavy atom. The maximum absolute atomic E-state index is 13.5. The number of aryl methyl sites for hydroxylation is 1. The number of hydrogen-bond acceptors (Lipinski definition) is 7. The molecule has 0 bridgehead atoms. The molecular formula is C22H21ClF2N6O2. The summed E-state index contributed by atoms with van der Waals surface area (Å²) in [7, 11) is 1.00. The highest BCUT2D eigenvalue weighted by molar-refractivity contribution is 6.35. The van der Waals surface area contributed by atoms with Crippen LogP contribution >= 0.6 is 11.6 Å². The third-order valence-corrected chi connectivity index (χ3v) is 5.23. The van der Waals surface area contributed by atoms with Crippen molar-refractivity contribution in [1.29, 1.82) is 5.26 Å². The van der Waals surface area contributed by atoms with E-state index in [0.717, 1.165) is 7.11 Å². The molecule has 1 aliphatic carbocycles. The van der Waals surface area contributed by atoms with E-state index in [2.05, 4.69) is 21.7 Å². The summed E-state index contributed by atoms with van der Waals surface area (Å²) < 4.78 is 28.3. The number of fused-ring (bicyclic) bond motifs is 1. The van der Waals surface area contributed by atoms with E-state index in [0.29, 0.717) is 46.5 Å². The van der Waals surface area contributed by atoms with Crippen molar-refractivity contribution in [1.82, 2.24) is 14.6 Å². The topological polar surface area (TPSA) is 110 Å². The number of nitriles is 1. The highest BCUT2D eigenvalue weighted by atomic mass is 35.5. The van der Waals surface area contributed by atoms with Gasteiger partial charge in [-0.15, -0.1) is 0 Å². The lowest BCUT2D eigenvalue weighted by Crippen LogP contribution is -2.52. The first-order valence-corrected chi connectivity index (χ1v) is 10.2. The molecule has 11 heteroatoms. The fourth-order valence-corrected chi connectivity index (χ4v) is 3.70. The molecule has 2 aromatic heterocycles. The van der Waals surface area contributed by atoms with Gasteiger partial charge in [-0.05, 0) is 25.2 Å². The molecule has 0 unspecified atom stereocenters. The molecule has 1 aliphatic heterocycles. The number of anilines is 1. The number of allylic oxidation sites excluding steroid dienone is 5. The summed E-state index contributed by atoms with van der Waals surface area (Å²) in [6, 6.07) is 1.79. The molecule has 0 spiro atoms. The van der Waals surface area contributed by atoms with E-state index in [1.807, 2.05) is 4.90 Å². The van der Waals surface area contributed by atoms with E-state index in [1.165, 1.54) is 10.7 Å². The van der Waals surface area contributed by atoms with Crippen LogP contribution in [0.1, 0.15) is 28.9 Å². The van der Waals surface area contributed by atoms with E-state index >= 15 is 0 Å². The smallest absolute Gasteiger partial charge is 0.283 e. The Labute approximate surface area is 193 Å². The lowest BCUT2D eigenvalue weighted by molar-refractivity contribution is 0.139. The van der Waals surface area contributed by atoms with Crippen molar-refractivity contribution in [2.75, 3.05) is 25.1 Å². The van der Waals surface area contributed by atoms with Gasteiger partial charge in [0.25, 0.3) is 6.43 Å². The highest BCUT2D eigenvalue weighted by Crippen LogP contribution is 2.34. The molecule has 1 fully saturated rings. The summed E-state index contributed by atoms with van der Waals surface area (Å²) >= 11 is 6.09. The molecule has 33 heavy (non-hydrogen) atoms. The molecule has 8 nitrogen and oxygen atoms in total. The monoisotopic (exact) mass is 474 g/mol. The van der Waals surface area contributed by atoms with Crippen LogP contribution in [-0.2, 0) is 0 Å². The van der Waals surface area contributed by atoms with Gasteiger partial charge in [0.2, 0.25) is 0 Å². The molecule has 3 heterocycles. The van der Waals surface area contributed by atoms with Crippen LogP contribution in [0.3, 0.4) is 0 Å². The first-order valence-electron chi connectivity index (χ1n) is 9.79. The zero-order valence-electron chi connectivity index (χ0n) is 17.9. The minimum absolute atomic E-state index is 0.0518. The van der Waals surface area contributed by atoms with E-state index in [1.54, 1.807) is 37.3 Å². The van der Waals surface area contributed by atoms with Crippen molar-refractivity contribution in [2.45, 2.75) is 19.5 Å². The first kappa shape index (κ1) is 24.3. The van der Waals surface area contributed by atoms with Gasteiger partial charge in [0.15, 0.2) is 5.65 Å². The van der Waals surface area contributed by atoms with Crippen LogP contribution in [0.15, 0.2) is 46.6 Å². The second-order valence-corrected chi connectivity index (χ2v) is 7.50. The lowest BCUT2D eigenvalue weighted by Gasteiger charge is -2.38. The Hall–Kier alpha value is -3.39. The minimum atomic E-state index is -2.92. The Bertz CT molecular complexity index is 1250. The molecule has 2 N–H and O–H groups in total. The molecule has 0 atom stereocenters. The van der Waals surface area contributed by atoms with Crippen molar-refractivity contribution in [3.8, 4) is 6.07 Å². The average Bonchev–Trinajstić information content (AvgIpc) is 3.14. The highest BCUT2D eigenvalue weighted by Gasteiger charge is 2.32. The minimum Gasteiger partial charge on any atom is -0.400 e. The van der Waals surface area contributed by atoms with E-state index < -0.39 is 18.2 Å². The Kier molecular flexibility index (Phi) is 7.38. The Morgan fingerprint density at radius 3 is 2.64 bits per heavy atom. The zero-order chi connectivity index (χ0) is 24.3. The Balaban J connectivity index is 0.00000149. The molecule has 172 valence electrons. The number of aliphatic hydroxyl groups is 2. The fraction of sp³-hybridized carbons (Fsp3) is 0.273. The van der Waals surface area contributed by atoms with Gasteiger partial charge in [-0.1, -0.05) is 24.3 Å². The van der Waals surface area contributed by atoms with Crippen molar-refractivity contribution < 1.29 is 19.0 Å². The number of alkyl halides is 2. The molecular weight excluding hydrogens is 454 g/mol. The maximum atomic E-state index is 13.5. The van der Waals surface area contributed by atoms with Gasteiger partial charge in [-0.3, -0.25) is 4.99 Å². The van der Waals surface area contributed by atoms with Gasteiger partial charge < -0.3 is 15.1 Å². The van der Waals surface area contributed by atoms with E-state index in [9.17, 15) is 19.1 Å². The maximum Gasteiger partial charge on any atom is 0.283 e. The number of β-amino-alcohol motifs (C(OH)–C–C–N with tert-alkyl or cyclic N) is 1. The second-order valence-electron chi connectivity index (χ2n) is 7.06. The van der Waals surface area contributed by atoms with Crippen LogP contribution in [0.2, 0.25) is 0 Å². The summed E-state index contributed by atoms with van der Waals surface area (Å²) in [5.41, 5.74) is 1.57. The fourth-order valence-electron chi connectivity index (χ4n) is 3.54. The van der Waals surface area contributed by atoms with Crippen molar-refractivity contribution in [2.24, 2.45) is 4.99 Å². The predicted molar refractivity (Wildman–Crippen MR) is 122 cm³/mol. The molecule has 0 radical (unpaired) electrons. The standard InChI is InChI=1S/C21H17ClF2N6O.CH4O/c1-3-26-17-7-13(22)5-4-12(17)6-15-11(2)27-20-16(8-25)18(19(23)24)28-30(20)21(15)29-9-14(31)10-29;1-2/h3-7,14,19,31H,1,9-10H2,2H3;2H,1H3/b12-6+,26-17?;. The Morgan fingerprint density at radius 1 is 1.36 bits per heavy atom. The van der Waals surface area contributed by atoms with E-state index in [4.69, 9.17) is 16.7 Å². The van der Waals surface area contributed by atoms with Gasteiger partial charge in [0.05, 0.1) is 17.5 Å². The number of aromatic nitrogens is 3. The van der Waals surface area contributed by atoms with Crippen LogP contribution < -0.4 is 4.90 Å². The van der Waals surface area contributed by atoms with Crippen molar-refractivity contribution in [3.63, 3.8) is 0 Å². The normalized spacial score (nSPS) is 18.3. The zero-order valence-corrected chi connectivity index (χ0v) is 18.6. The number of halogens is 3. The molecule has 0 saturated carbocycles. The summed E-state index contributed by atoms with van der Waals surface area (Å²) in [6.45, 7) is 5.95. The molecule has 0 aromatic carbocycles. The number of nitrogens with zero attached hydrogens (tertiary/aromatic N) is 6. The number of aliphatic hydroxyl groups excluding tert-OH is 2. The van der Waals surface area contributed by atoms with Gasteiger partial charge >= 0.3 is 0 Å². The summed E-state index contributed by atoms with van der Waals surface area (Å²) in [5.74, 6) is 0.468. The van der Waals surface area contributed by atoms with Gasteiger partial charge in [0.1, 0.15) is 23.1 Å². The van der Waals surface area contributed by atoms with Gasteiger partial charge in [-0.2, -0.15) is 14.9 Å². The molecule has 1 saturated heterocycles. The van der Waals surface area contributed by atoms with Crippen molar-refractivity contribution in [3.05, 3.63) is 64.1 Å². The van der Waals surface area contributed by atoms with Gasteiger partial charge in [0, 0.05) is 42.6 Å². The summed E-state index contributed by atoms with van der Waals surface area (Å²) in [6.07, 6.45) is 4.90. The number of rotatable bonds is 4. The van der Waals surface area contributed by atoms with E-state index in [-0.39, 0.29) is 11.2 Å². The van der Waals surface area contributed by atoms with Crippen LogP contribution in [0.25, 0.3) is 11.7 Å². The average molecular weight is 475 g/mol. The van der Waals surface area contributed by atoms with Crippen LogP contribution in [0.5, 0.6) is 0 Å². The third-order valence-electron chi connectivity index (χ3n) is 5.00. The largest absolute Gasteiger partial charge is 0.400 e. The number of hydrogen-bond donors (Lipinski definition) is 2. The van der Waals surface area contributed by atoms with Crippen LogP contribution in [-0.4, -0.2) is 56.8 Å². The quantitative estimate of drug-likeness (QED) is 0.703. The summed E-state index contributed by atoms with van der Waals surface area (Å²) in [4.78, 5) is 10.5. The first-order chi connectivity index (χ1) is 15.8. The third kappa shape index (κ3) is 4.57. The van der Waals surface area contributed by atoms with Gasteiger partial charge in [-0.25, -0.2) is 13.8 Å². The van der Waals surface area contributed by atoms with Crippen LogP contribution in [0.4, 0.5) is 14.6 Å². The summed E-state index contributed by atoms with van der Waals surface area (Å²) in [5, 5.41) is 30.8. The van der Waals surface area contributed by atoms with Crippen molar-refractivity contribution >= 4 is 34.9 Å². The predicted octanol–water partition coefficient (Wildman–Crippen LogP) is 3.30. The SMILES string of the molecule is C=CN=C1C=C(Cl)C=C/C1=C\c1c(C)nc2c(C#N)c(C(F)F)nn2c1N1CC(O)C1.CO. The van der Waals surface area contributed by atoms with Crippen LogP contribution in [0, 0.1) is 18.3 Å². The molecule has 2 aromatic rings. The molecule has 4 rings (SSSR count). The number of aliphatic imine (C=N–C) groups is 1. The lowest BCUT2D eigenvalue weighted by atomic mass is 10.0. The second kappa shape index (κ2) is 10.0. The molecule has 0 amide bonds. The molecule has 2 aliphatic rings.